The Morgan fingerprint density at radius 2 is 1.63 bits per heavy atom. The maximum absolute atomic E-state index is 9.75. The molecule has 1 aromatic carbocycles. The Hall–Kier alpha value is -1.38. The van der Waals surface area contributed by atoms with Gasteiger partial charge >= 0.3 is 0 Å². The van der Waals surface area contributed by atoms with E-state index in [1.54, 1.807) is 0 Å². The van der Waals surface area contributed by atoms with Gasteiger partial charge in [-0.05, 0) is 24.3 Å². The summed E-state index contributed by atoms with van der Waals surface area (Å²) < 4.78 is 10.5. The summed E-state index contributed by atoms with van der Waals surface area (Å²) >= 11 is 0. The Kier molecular flexibility index (Phi) is 4.23. The van der Waals surface area contributed by atoms with Crippen LogP contribution in [-0.4, -0.2) is 62.8 Å². The van der Waals surface area contributed by atoms with E-state index in [0.717, 1.165) is 0 Å². The van der Waals surface area contributed by atoms with E-state index >= 15 is 0 Å². The van der Waals surface area contributed by atoms with E-state index in [9.17, 15) is 15.3 Å². The second-order valence-electron chi connectivity index (χ2n) is 4.31. The molecule has 2 rings (SSSR count). The second kappa shape index (κ2) is 5.72. The number of hydrogen-bond donors (Lipinski definition) is 5. The van der Waals surface area contributed by atoms with Crippen LogP contribution in [0.2, 0.25) is 0 Å². The third-order valence-corrected chi connectivity index (χ3v) is 2.94. The van der Waals surface area contributed by atoms with Crippen LogP contribution in [0.4, 0.5) is 0 Å². The number of aliphatic hydroxyl groups excluding tert-OH is 4. The van der Waals surface area contributed by atoms with Gasteiger partial charge in [-0.15, -0.1) is 0 Å². The standard InChI is InChI=1S/C12H16O7/c13-5-8-9(15)10(16)11(17)12(19-8)18-7-3-1-6(14)2-4-7/h1-4,8-17H,5H2/t8-,9+,10+,11+,12-/m0/s1. The van der Waals surface area contributed by atoms with E-state index in [0.29, 0.717) is 5.75 Å². The molecule has 0 amide bonds. The van der Waals surface area contributed by atoms with E-state index in [1.165, 1.54) is 24.3 Å². The third kappa shape index (κ3) is 2.96. The largest absolute Gasteiger partial charge is 0.508 e. The van der Waals surface area contributed by atoms with Crippen molar-refractivity contribution in [3.63, 3.8) is 0 Å². The van der Waals surface area contributed by atoms with Gasteiger partial charge in [0.05, 0.1) is 6.61 Å². The zero-order valence-corrected chi connectivity index (χ0v) is 9.96. The normalized spacial score (nSPS) is 35.1. The quantitative estimate of drug-likeness (QED) is 0.457. The molecule has 0 aliphatic carbocycles. The van der Waals surface area contributed by atoms with Gasteiger partial charge in [-0.3, -0.25) is 0 Å². The van der Waals surface area contributed by atoms with Gasteiger partial charge < -0.3 is 35.0 Å². The van der Waals surface area contributed by atoms with E-state index in [1.807, 2.05) is 0 Å². The molecule has 5 atom stereocenters. The van der Waals surface area contributed by atoms with E-state index in [4.69, 9.17) is 19.7 Å². The van der Waals surface area contributed by atoms with Crippen LogP contribution in [0.3, 0.4) is 0 Å². The van der Waals surface area contributed by atoms with E-state index < -0.39 is 37.3 Å². The van der Waals surface area contributed by atoms with E-state index in [-0.39, 0.29) is 5.75 Å². The predicted octanol–water partition coefficient (Wildman–Crippen LogP) is -1.43. The third-order valence-electron chi connectivity index (χ3n) is 2.94. The highest BCUT2D eigenvalue weighted by molar-refractivity contribution is 5.30. The Morgan fingerprint density at radius 1 is 1.00 bits per heavy atom. The van der Waals surface area contributed by atoms with Crippen molar-refractivity contribution in [3.05, 3.63) is 24.3 Å². The minimum atomic E-state index is -1.48. The van der Waals surface area contributed by atoms with Crippen LogP contribution in [0.15, 0.2) is 24.3 Å². The summed E-state index contributed by atoms with van der Waals surface area (Å²) in [7, 11) is 0. The number of hydrogen-bond acceptors (Lipinski definition) is 7. The molecule has 1 aliphatic rings. The highest BCUT2D eigenvalue weighted by Gasteiger charge is 2.44. The van der Waals surface area contributed by atoms with Crippen LogP contribution in [0.25, 0.3) is 0 Å². The van der Waals surface area contributed by atoms with E-state index in [2.05, 4.69) is 0 Å². The molecule has 5 N–H and O–H groups in total. The lowest BCUT2D eigenvalue weighted by Gasteiger charge is -2.39. The minimum absolute atomic E-state index is 0.0566. The number of phenols is 1. The summed E-state index contributed by atoms with van der Waals surface area (Å²) in [5.41, 5.74) is 0. The summed E-state index contributed by atoms with van der Waals surface area (Å²) in [6, 6.07) is 5.69. The second-order valence-corrected chi connectivity index (χ2v) is 4.31. The van der Waals surface area contributed by atoms with Gasteiger partial charge in [-0.2, -0.15) is 0 Å². The molecular formula is C12H16O7. The van der Waals surface area contributed by atoms with Crippen LogP contribution in [0.5, 0.6) is 11.5 Å². The molecule has 1 fully saturated rings. The van der Waals surface area contributed by atoms with Gasteiger partial charge in [0.25, 0.3) is 0 Å². The average Bonchev–Trinajstić information content (AvgIpc) is 2.42. The lowest BCUT2D eigenvalue weighted by atomic mass is 9.99. The lowest BCUT2D eigenvalue weighted by Crippen LogP contribution is -2.60. The van der Waals surface area contributed by atoms with Gasteiger partial charge in [-0.1, -0.05) is 0 Å². The first-order valence-electron chi connectivity index (χ1n) is 5.79. The van der Waals surface area contributed by atoms with Gasteiger partial charge in [-0.25, -0.2) is 0 Å². The van der Waals surface area contributed by atoms with Crippen LogP contribution in [0, 0.1) is 0 Å². The van der Waals surface area contributed by atoms with Crippen LogP contribution in [-0.2, 0) is 4.74 Å². The smallest absolute Gasteiger partial charge is 0.229 e. The van der Waals surface area contributed by atoms with Gasteiger partial charge in [0.2, 0.25) is 6.29 Å². The van der Waals surface area contributed by atoms with Crippen molar-refractivity contribution >= 4 is 0 Å². The zero-order valence-electron chi connectivity index (χ0n) is 9.96. The molecule has 0 radical (unpaired) electrons. The predicted molar refractivity (Wildman–Crippen MR) is 62.5 cm³/mol. The monoisotopic (exact) mass is 272 g/mol. The SMILES string of the molecule is OC[C@@H]1O[C@H](Oc2ccc(O)cc2)[C@H](O)[C@H](O)[C@@H]1O. The lowest BCUT2D eigenvalue weighted by molar-refractivity contribution is -0.277. The Balaban J connectivity index is 2.08. The molecule has 0 aromatic heterocycles. The summed E-state index contributed by atoms with van der Waals surface area (Å²) in [6.45, 7) is -0.514. The molecule has 106 valence electrons. The summed E-state index contributed by atoms with van der Waals surface area (Å²) in [5, 5.41) is 47.1. The number of benzene rings is 1. The number of aliphatic hydroxyl groups is 4. The molecule has 1 saturated heterocycles. The molecule has 7 heteroatoms. The molecule has 1 aromatic rings. The van der Waals surface area contributed by atoms with Crippen molar-refractivity contribution in [2.24, 2.45) is 0 Å². The fourth-order valence-electron chi connectivity index (χ4n) is 1.82. The number of rotatable bonds is 3. The van der Waals surface area contributed by atoms with Crippen molar-refractivity contribution < 1.29 is 35.0 Å². The first-order valence-corrected chi connectivity index (χ1v) is 5.79. The summed E-state index contributed by atoms with van der Waals surface area (Å²) in [4.78, 5) is 0. The van der Waals surface area contributed by atoms with Crippen molar-refractivity contribution in [2.45, 2.75) is 30.7 Å². The first-order chi connectivity index (χ1) is 9.02. The van der Waals surface area contributed by atoms with Crippen molar-refractivity contribution in [3.8, 4) is 11.5 Å². The Labute approximate surface area is 109 Å². The first kappa shape index (κ1) is 14.0. The van der Waals surface area contributed by atoms with Gasteiger partial charge in [0.1, 0.15) is 35.9 Å². The maximum atomic E-state index is 9.75. The topological polar surface area (TPSA) is 120 Å². The molecule has 0 spiro atoms. The fourth-order valence-corrected chi connectivity index (χ4v) is 1.82. The molecule has 1 aliphatic heterocycles. The number of phenolic OH excluding ortho intramolecular Hbond substituents is 1. The Morgan fingerprint density at radius 3 is 2.21 bits per heavy atom. The zero-order chi connectivity index (χ0) is 14.0. The van der Waals surface area contributed by atoms with Crippen molar-refractivity contribution in [1.29, 1.82) is 0 Å². The minimum Gasteiger partial charge on any atom is -0.508 e. The summed E-state index contributed by atoms with van der Waals surface area (Å²) in [5.74, 6) is 0.364. The van der Waals surface area contributed by atoms with Crippen LogP contribution < -0.4 is 4.74 Å². The highest BCUT2D eigenvalue weighted by Crippen LogP contribution is 2.25. The van der Waals surface area contributed by atoms with Crippen molar-refractivity contribution in [1.82, 2.24) is 0 Å². The maximum Gasteiger partial charge on any atom is 0.229 e. The van der Waals surface area contributed by atoms with Gasteiger partial charge in [0.15, 0.2) is 0 Å². The summed E-state index contributed by atoms with van der Waals surface area (Å²) in [6.07, 6.45) is -6.58. The molecule has 1 heterocycles. The number of ether oxygens (including phenoxy) is 2. The molecule has 19 heavy (non-hydrogen) atoms. The molecule has 0 saturated carbocycles. The van der Waals surface area contributed by atoms with Gasteiger partial charge in [0, 0.05) is 0 Å². The van der Waals surface area contributed by atoms with Crippen LogP contribution in [0.1, 0.15) is 0 Å². The van der Waals surface area contributed by atoms with Crippen LogP contribution >= 0.6 is 0 Å². The molecule has 0 unspecified atom stereocenters. The van der Waals surface area contributed by atoms with Crippen molar-refractivity contribution in [2.75, 3.05) is 6.61 Å². The Bertz CT molecular complexity index is 405. The molecule has 0 bridgehead atoms. The number of aromatic hydroxyl groups is 1. The molecule has 7 nitrogen and oxygen atoms in total. The fraction of sp³-hybridized carbons (Fsp3) is 0.500. The average molecular weight is 272 g/mol. The highest BCUT2D eigenvalue weighted by atomic mass is 16.7. The molecular weight excluding hydrogens is 256 g/mol.